The highest BCUT2D eigenvalue weighted by Gasteiger charge is 2.44. The Morgan fingerprint density at radius 1 is 1.29 bits per heavy atom. The quantitative estimate of drug-likeness (QED) is 0.775. The van der Waals surface area contributed by atoms with Gasteiger partial charge >= 0.3 is 0 Å². The van der Waals surface area contributed by atoms with Gasteiger partial charge in [-0.15, -0.1) is 0 Å². The monoisotopic (exact) mass is 226 g/mol. The highest BCUT2D eigenvalue weighted by molar-refractivity contribution is 5.40. The van der Waals surface area contributed by atoms with Crippen LogP contribution < -0.4 is 0 Å². The van der Waals surface area contributed by atoms with Gasteiger partial charge in [-0.2, -0.15) is 5.26 Å². The van der Waals surface area contributed by atoms with Gasteiger partial charge in [0.05, 0.1) is 11.5 Å². The third-order valence-corrected chi connectivity index (χ3v) is 4.29. The van der Waals surface area contributed by atoms with E-state index in [1.54, 1.807) is 0 Å². The van der Waals surface area contributed by atoms with E-state index in [0.29, 0.717) is 5.92 Å². The fourth-order valence-corrected chi connectivity index (χ4v) is 2.87. The summed E-state index contributed by atoms with van der Waals surface area (Å²) in [6, 6.07) is 11.3. The average molecular weight is 226 g/mol. The molecule has 1 unspecified atom stereocenters. The Hall–Kier alpha value is -1.33. The van der Waals surface area contributed by atoms with Crippen LogP contribution in [-0.4, -0.2) is 25.0 Å². The lowest BCUT2D eigenvalue weighted by Gasteiger charge is -2.12. The summed E-state index contributed by atoms with van der Waals surface area (Å²) in [6.45, 7) is 2.37. The van der Waals surface area contributed by atoms with Crippen molar-refractivity contribution >= 4 is 0 Å². The van der Waals surface area contributed by atoms with Crippen molar-refractivity contribution in [1.29, 1.82) is 5.26 Å². The molecule has 1 aliphatic heterocycles. The Morgan fingerprint density at radius 2 is 2.00 bits per heavy atom. The standard InChI is InChI=1S/C15H18N2/c1-17-9-6-13(10-17)12-2-4-14(5-3-12)15(11-16)7-8-15/h2-5,13H,6-10H2,1H3. The van der Waals surface area contributed by atoms with E-state index in [1.165, 1.54) is 30.6 Å². The molecule has 1 saturated carbocycles. The van der Waals surface area contributed by atoms with Gasteiger partial charge in [-0.1, -0.05) is 24.3 Å². The van der Waals surface area contributed by atoms with E-state index in [9.17, 15) is 0 Å². The Kier molecular flexibility index (Phi) is 2.45. The first-order valence-corrected chi connectivity index (χ1v) is 6.44. The van der Waals surface area contributed by atoms with Gasteiger partial charge in [-0.05, 0) is 49.9 Å². The number of hydrogen-bond donors (Lipinski definition) is 0. The van der Waals surface area contributed by atoms with Gasteiger partial charge in [0, 0.05) is 6.54 Å². The highest BCUT2D eigenvalue weighted by atomic mass is 15.1. The van der Waals surface area contributed by atoms with Gasteiger partial charge in [0.25, 0.3) is 0 Å². The van der Waals surface area contributed by atoms with Crippen LogP contribution >= 0.6 is 0 Å². The molecule has 1 atom stereocenters. The summed E-state index contributed by atoms with van der Waals surface area (Å²) in [4.78, 5) is 2.39. The van der Waals surface area contributed by atoms with Crippen LogP contribution in [0.3, 0.4) is 0 Å². The van der Waals surface area contributed by atoms with E-state index in [1.807, 2.05) is 0 Å². The minimum absolute atomic E-state index is 0.134. The number of hydrogen-bond acceptors (Lipinski definition) is 2. The lowest BCUT2D eigenvalue weighted by atomic mass is 9.92. The molecular formula is C15H18N2. The first-order chi connectivity index (χ1) is 8.23. The van der Waals surface area contributed by atoms with Crippen molar-refractivity contribution in [2.24, 2.45) is 0 Å². The topological polar surface area (TPSA) is 27.0 Å². The Labute approximate surface area is 103 Å². The second-order valence-corrected chi connectivity index (χ2v) is 5.56. The minimum Gasteiger partial charge on any atom is -0.306 e. The molecule has 1 saturated heterocycles. The van der Waals surface area contributed by atoms with Gasteiger partial charge in [0.2, 0.25) is 0 Å². The molecular weight excluding hydrogens is 208 g/mol. The van der Waals surface area contributed by atoms with E-state index in [0.717, 1.165) is 12.8 Å². The normalized spacial score (nSPS) is 26.7. The first-order valence-electron chi connectivity index (χ1n) is 6.44. The second-order valence-electron chi connectivity index (χ2n) is 5.56. The third-order valence-electron chi connectivity index (χ3n) is 4.29. The Morgan fingerprint density at radius 3 is 2.47 bits per heavy atom. The smallest absolute Gasteiger partial charge is 0.0823 e. The highest BCUT2D eigenvalue weighted by Crippen LogP contribution is 2.47. The van der Waals surface area contributed by atoms with Crippen LogP contribution in [0.25, 0.3) is 0 Å². The molecule has 0 bridgehead atoms. The molecule has 0 aromatic heterocycles. The maximum atomic E-state index is 9.17. The van der Waals surface area contributed by atoms with Gasteiger partial charge in [-0.3, -0.25) is 0 Å². The molecule has 1 heterocycles. The summed E-state index contributed by atoms with van der Waals surface area (Å²) in [5.41, 5.74) is 2.52. The molecule has 17 heavy (non-hydrogen) atoms. The molecule has 2 heteroatoms. The number of likely N-dealkylation sites (N-methyl/N-ethyl adjacent to an activating group) is 1. The molecule has 1 aromatic carbocycles. The number of nitrogens with zero attached hydrogens (tertiary/aromatic N) is 2. The predicted octanol–water partition coefficient (Wildman–Crippen LogP) is 2.66. The molecule has 0 radical (unpaired) electrons. The average Bonchev–Trinajstić information content (AvgIpc) is 3.06. The maximum absolute atomic E-state index is 9.17. The van der Waals surface area contributed by atoms with Gasteiger partial charge in [0.1, 0.15) is 0 Å². The van der Waals surface area contributed by atoms with E-state index in [2.05, 4.69) is 42.3 Å². The molecule has 2 fully saturated rings. The fourth-order valence-electron chi connectivity index (χ4n) is 2.87. The van der Waals surface area contributed by atoms with Crippen LogP contribution in [0.4, 0.5) is 0 Å². The van der Waals surface area contributed by atoms with Crippen molar-refractivity contribution in [2.45, 2.75) is 30.6 Å². The van der Waals surface area contributed by atoms with Crippen LogP contribution in [0.1, 0.15) is 36.3 Å². The summed E-state index contributed by atoms with van der Waals surface area (Å²) in [5.74, 6) is 0.686. The molecule has 88 valence electrons. The lowest BCUT2D eigenvalue weighted by Crippen LogP contribution is -2.13. The van der Waals surface area contributed by atoms with E-state index >= 15 is 0 Å². The molecule has 2 nitrogen and oxygen atoms in total. The summed E-state index contributed by atoms with van der Waals surface area (Å²) < 4.78 is 0. The molecule has 2 aliphatic rings. The van der Waals surface area contributed by atoms with Crippen LogP contribution in [0.5, 0.6) is 0 Å². The van der Waals surface area contributed by atoms with Gasteiger partial charge in [-0.25, -0.2) is 0 Å². The zero-order valence-corrected chi connectivity index (χ0v) is 10.3. The molecule has 0 N–H and O–H groups in total. The van der Waals surface area contributed by atoms with E-state index in [-0.39, 0.29) is 5.41 Å². The third kappa shape index (κ3) is 1.85. The zero-order chi connectivity index (χ0) is 11.9. The van der Waals surface area contributed by atoms with Crippen molar-refractivity contribution in [2.75, 3.05) is 20.1 Å². The van der Waals surface area contributed by atoms with Gasteiger partial charge in [0.15, 0.2) is 0 Å². The predicted molar refractivity (Wildman–Crippen MR) is 67.8 cm³/mol. The maximum Gasteiger partial charge on any atom is 0.0823 e. The summed E-state index contributed by atoms with van der Waals surface area (Å²) >= 11 is 0. The van der Waals surface area contributed by atoms with Crippen molar-refractivity contribution < 1.29 is 0 Å². The summed E-state index contributed by atoms with van der Waals surface area (Å²) in [6.07, 6.45) is 3.34. The molecule has 1 aromatic rings. The minimum atomic E-state index is -0.134. The van der Waals surface area contributed by atoms with Crippen molar-refractivity contribution in [3.8, 4) is 6.07 Å². The van der Waals surface area contributed by atoms with Gasteiger partial charge < -0.3 is 4.90 Å². The van der Waals surface area contributed by atoms with Crippen LogP contribution in [-0.2, 0) is 5.41 Å². The molecule has 0 amide bonds. The fraction of sp³-hybridized carbons (Fsp3) is 0.533. The van der Waals surface area contributed by atoms with Crippen LogP contribution in [0.2, 0.25) is 0 Å². The van der Waals surface area contributed by atoms with E-state index in [4.69, 9.17) is 5.26 Å². The molecule has 0 spiro atoms. The molecule has 1 aliphatic carbocycles. The lowest BCUT2D eigenvalue weighted by molar-refractivity contribution is 0.411. The second kappa shape index (κ2) is 3.85. The summed E-state index contributed by atoms with van der Waals surface area (Å²) in [5, 5.41) is 9.17. The van der Waals surface area contributed by atoms with Crippen molar-refractivity contribution in [3.63, 3.8) is 0 Å². The Balaban J connectivity index is 1.79. The van der Waals surface area contributed by atoms with Crippen LogP contribution in [0.15, 0.2) is 24.3 Å². The summed E-state index contributed by atoms with van der Waals surface area (Å²) in [7, 11) is 2.18. The zero-order valence-electron chi connectivity index (χ0n) is 10.3. The largest absolute Gasteiger partial charge is 0.306 e. The molecule has 3 rings (SSSR count). The van der Waals surface area contributed by atoms with Crippen LogP contribution in [0, 0.1) is 11.3 Å². The number of likely N-dealkylation sites (tertiary alicyclic amines) is 1. The number of benzene rings is 1. The first kappa shape index (κ1) is 10.8. The van der Waals surface area contributed by atoms with Crippen molar-refractivity contribution in [3.05, 3.63) is 35.4 Å². The SMILES string of the molecule is CN1CCC(c2ccc(C3(C#N)CC3)cc2)C1. The number of rotatable bonds is 2. The Bertz CT molecular complexity index is 451. The van der Waals surface area contributed by atoms with E-state index < -0.39 is 0 Å². The van der Waals surface area contributed by atoms with Crippen molar-refractivity contribution in [1.82, 2.24) is 4.90 Å². The number of nitriles is 1.